The molecule has 0 saturated carbocycles. The Bertz CT molecular complexity index is 1200. The first-order valence-electron chi connectivity index (χ1n) is 12.5. The van der Waals surface area contributed by atoms with Gasteiger partial charge in [0.05, 0.1) is 15.6 Å². The van der Waals surface area contributed by atoms with Crippen LogP contribution in [0.2, 0.25) is 2.82 Å². The molecule has 1 aromatic heterocycles. The zero-order valence-electron chi connectivity index (χ0n) is 24.4. The van der Waals surface area contributed by atoms with Gasteiger partial charge in [0.25, 0.3) is 0 Å². The third-order valence-corrected chi connectivity index (χ3v) is 2.58. The first-order valence-corrected chi connectivity index (χ1v) is 6.07. The van der Waals surface area contributed by atoms with Gasteiger partial charge < -0.3 is 19.9 Å². The first-order chi connectivity index (χ1) is 15.3. The highest BCUT2D eigenvalue weighted by atomic mass is 16.6. The van der Waals surface area contributed by atoms with Gasteiger partial charge in [0.15, 0.2) is 2.82 Å². The molecule has 1 amide bonds. The van der Waals surface area contributed by atoms with E-state index in [1.54, 1.807) is 0 Å². The van der Waals surface area contributed by atoms with Crippen LogP contribution in [0.15, 0.2) is 24.3 Å². The van der Waals surface area contributed by atoms with Crippen LogP contribution in [-0.4, -0.2) is 49.2 Å². The largest absolute Gasteiger partial charge is 0.447 e. The van der Waals surface area contributed by atoms with Crippen molar-refractivity contribution in [3.05, 3.63) is 35.4 Å². The number of hydrogen-bond acceptors (Lipinski definition) is 3. The van der Waals surface area contributed by atoms with E-state index in [1.165, 1.54) is 19.0 Å². The van der Waals surface area contributed by atoms with E-state index in [-0.39, 0.29) is 6.54 Å². The number of likely N-dealkylation sites (N-methyl/N-ethyl adjacent to an activating group) is 1. The molecule has 3 rings (SSSR count). The van der Waals surface area contributed by atoms with Gasteiger partial charge in [0, 0.05) is 29.1 Å². The normalized spacial score (nSPS) is 34.9. The SMILES string of the molecule is [2H]c1c(C([2H])([2H])[C@]2([2H])N([2H])C(=O)OC2([2H])[2H])c([2H])c2c(C([2H])([2H])CN(C)C)c([2H])n([2H])c2c1[2H]. The number of ether oxygens (including phenoxy) is 1. The average molecular weight is 300 g/mol. The lowest BCUT2D eigenvalue weighted by Gasteiger charge is -2.09. The molecule has 1 aliphatic rings. The van der Waals surface area contributed by atoms with Crippen molar-refractivity contribution >= 4 is 17.0 Å². The molecule has 2 aromatic rings. The number of cyclic esters (lactones) is 1. The van der Waals surface area contributed by atoms with Crippen LogP contribution in [0.5, 0.6) is 0 Å². The highest BCUT2D eigenvalue weighted by Crippen LogP contribution is 2.21. The van der Waals surface area contributed by atoms with Crippen LogP contribution >= 0.6 is 0 Å². The Hall–Kier alpha value is -2.01. The molecule has 0 bridgehead atoms. The highest BCUT2D eigenvalue weighted by Gasteiger charge is 2.22. The van der Waals surface area contributed by atoms with Crippen molar-refractivity contribution in [1.29, 1.82) is 0 Å². The van der Waals surface area contributed by atoms with Crippen molar-refractivity contribution in [3.8, 4) is 0 Å². The third-order valence-electron chi connectivity index (χ3n) is 2.58. The second-order valence-corrected chi connectivity index (χ2v) is 4.54. The quantitative estimate of drug-likeness (QED) is 0.887. The van der Waals surface area contributed by atoms with Crippen molar-refractivity contribution in [2.75, 3.05) is 27.2 Å². The average Bonchev–Trinajstić information content (AvgIpc) is 3.03. The van der Waals surface area contributed by atoms with Gasteiger partial charge in [-0.2, -0.15) is 0 Å². The van der Waals surface area contributed by atoms with Gasteiger partial charge in [-0.1, -0.05) is 6.04 Å². The molecule has 2 heterocycles. The fourth-order valence-electron chi connectivity index (χ4n) is 1.66. The molecule has 1 fully saturated rings. The Morgan fingerprint density at radius 2 is 2.52 bits per heavy atom. The maximum Gasteiger partial charge on any atom is 0.407 e. The predicted octanol–water partition coefficient (Wildman–Crippen LogP) is 1.92. The number of hydrogen-bond donors (Lipinski definition) is 2. The Morgan fingerprint density at radius 1 is 1.67 bits per heavy atom. The second-order valence-electron chi connectivity index (χ2n) is 4.54. The number of H-pyrrole nitrogens is 1. The molecule has 5 heteroatoms. The zero-order chi connectivity index (χ0) is 26.3. The minimum atomic E-state index is -3.50. The molecule has 0 aliphatic carbocycles. The van der Waals surface area contributed by atoms with Crippen molar-refractivity contribution in [3.63, 3.8) is 0 Å². The summed E-state index contributed by atoms with van der Waals surface area (Å²) in [5.74, 6) is 0. The van der Waals surface area contributed by atoms with Gasteiger partial charge in [-0.25, -0.2) is 4.79 Å². The summed E-state index contributed by atoms with van der Waals surface area (Å²) in [6, 6.07) is -6.33. The molecule has 1 aromatic carbocycles. The Kier molecular flexibility index (Phi) is 1.46. The Labute approximate surface area is 142 Å². The molecular formula is C16H21N3O2. The summed E-state index contributed by atoms with van der Waals surface area (Å²) in [5.41, 5.74) is -2.11. The number of carbonyl (C=O) groups is 1. The van der Waals surface area contributed by atoms with Crippen molar-refractivity contribution < 1.29 is 27.4 Å². The Balaban J connectivity index is 2.48. The van der Waals surface area contributed by atoms with E-state index < -0.39 is 83.1 Å². The number of fused-ring (bicyclic) bond motifs is 1. The van der Waals surface area contributed by atoms with Crippen LogP contribution in [0.4, 0.5) is 4.79 Å². The van der Waals surface area contributed by atoms with Crippen LogP contribution in [-0.2, 0) is 17.5 Å². The van der Waals surface area contributed by atoms with Crippen LogP contribution in [0.3, 0.4) is 0 Å². The van der Waals surface area contributed by atoms with Crippen LogP contribution < -0.4 is 5.31 Å². The minimum Gasteiger partial charge on any atom is -0.447 e. The molecule has 0 unspecified atom stereocenters. The number of nitrogens with one attached hydrogen (secondary N) is 2. The molecule has 1 saturated heterocycles. The van der Waals surface area contributed by atoms with E-state index in [0.29, 0.717) is 4.98 Å². The zero-order valence-corrected chi connectivity index (χ0v) is 11.4. The Morgan fingerprint density at radius 3 is 3.24 bits per heavy atom. The summed E-state index contributed by atoms with van der Waals surface area (Å²) < 4.78 is 112. The number of amides is 1. The van der Waals surface area contributed by atoms with Gasteiger partial charge in [-0.15, -0.1) is 0 Å². The molecule has 1 aliphatic heterocycles. The fraction of sp³-hybridized carbons (Fsp3) is 0.438. The van der Waals surface area contributed by atoms with Gasteiger partial charge in [-0.05, 0) is 50.1 Å². The van der Waals surface area contributed by atoms with E-state index in [9.17, 15) is 4.79 Å². The monoisotopic (exact) mass is 300 g/mol. The molecule has 2 N–H and O–H groups in total. The van der Waals surface area contributed by atoms with Gasteiger partial charge in [0.1, 0.15) is 6.56 Å². The van der Waals surface area contributed by atoms with Crippen molar-refractivity contribution in [2.45, 2.75) is 18.8 Å². The van der Waals surface area contributed by atoms with Gasteiger partial charge in [-0.3, -0.25) is 0 Å². The number of benzene rings is 1. The number of aromatic amines is 1. The summed E-state index contributed by atoms with van der Waals surface area (Å²) in [7, 11) is 3.08. The minimum absolute atomic E-state index is 0.316. The lowest BCUT2D eigenvalue weighted by Crippen LogP contribution is -2.28. The van der Waals surface area contributed by atoms with E-state index in [1.807, 2.05) is 0 Å². The van der Waals surface area contributed by atoms with E-state index in [4.69, 9.17) is 17.9 Å². The summed E-state index contributed by atoms with van der Waals surface area (Å²) in [6.45, 7) is -3.72. The highest BCUT2D eigenvalue weighted by molar-refractivity contribution is 5.84. The van der Waals surface area contributed by atoms with E-state index >= 15 is 0 Å². The van der Waals surface area contributed by atoms with Gasteiger partial charge >= 0.3 is 6.09 Å². The molecule has 0 radical (unpaired) electrons. The summed E-state index contributed by atoms with van der Waals surface area (Å²) in [6.07, 6.45) is -8.29. The number of aromatic nitrogens is 1. The van der Waals surface area contributed by atoms with Crippen molar-refractivity contribution in [1.82, 2.24) is 15.2 Å². The standard InChI is InChI=1S/C16H21N3O2/c1-19(2)6-5-12-9-17-15-4-3-11(8-14(12)15)7-13-10-21-16(20)18-13/h3-4,8-9,13,17H,5-7,10H2,1-2H3,(H,18,20)/t13-/m0/s1/i3D,4D,5D2,7D2,8D,9D,10D2,13D/hD2. The summed E-state index contributed by atoms with van der Waals surface area (Å²) in [5, 5.41) is -0.921. The lowest BCUT2D eigenvalue weighted by atomic mass is 10.0. The maximum atomic E-state index is 11.8. The van der Waals surface area contributed by atoms with Gasteiger partial charge in [0.2, 0.25) is 0 Å². The fourth-order valence-corrected chi connectivity index (χ4v) is 1.66. The van der Waals surface area contributed by atoms with Crippen LogP contribution in [0, 0.1) is 0 Å². The third kappa shape index (κ3) is 3.19. The maximum absolute atomic E-state index is 11.8. The number of rotatable bonds is 5. The van der Waals surface area contributed by atoms with Crippen molar-refractivity contribution in [2.24, 2.45) is 0 Å². The molecule has 112 valence electrons. The predicted molar refractivity (Wildman–Crippen MR) is 82.5 cm³/mol. The topological polar surface area (TPSA) is 57.4 Å². The van der Waals surface area contributed by atoms with E-state index in [0.717, 1.165) is 0 Å². The second kappa shape index (κ2) is 5.77. The molecule has 21 heavy (non-hydrogen) atoms. The number of nitrogens with zero attached hydrogens (tertiary/aromatic N) is 1. The number of alkyl carbamates (subject to hydrolysis) is 1. The van der Waals surface area contributed by atoms with Crippen LogP contribution in [0.1, 0.15) is 26.2 Å². The van der Waals surface area contributed by atoms with E-state index in [2.05, 4.69) is 4.74 Å². The lowest BCUT2D eigenvalue weighted by molar-refractivity contribution is 0.177. The molecule has 0 spiro atoms. The summed E-state index contributed by atoms with van der Waals surface area (Å²) in [4.78, 5) is 13.6. The first kappa shape index (κ1) is 5.32. The summed E-state index contributed by atoms with van der Waals surface area (Å²) >= 11 is 0. The number of carbonyl (C=O) groups excluding carboxylic acids is 1. The molecule has 5 nitrogen and oxygen atoms in total. The molecule has 1 atom stereocenters. The molecular weight excluding hydrogens is 266 g/mol. The smallest absolute Gasteiger partial charge is 0.407 e. The van der Waals surface area contributed by atoms with Crippen LogP contribution in [0.25, 0.3) is 10.9 Å².